The van der Waals surface area contributed by atoms with Crippen LogP contribution in [0.3, 0.4) is 0 Å². The van der Waals surface area contributed by atoms with Gasteiger partial charge in [-0.3, -0.25) is 14.5 Å². The molecule has 7 nitrogen and oxygen atoms in total. The van der Waals surface area contributed by atoms with E-state index in [2.05, 4.69) is 4.98 Å². The zero-order valence-corrected chi connectivity index (χ0v) is 20.9. The van der Waals surface area contributed by atoms with E-state index in [-0.39, 0.29) is 16.5 Å². The Morgan fingerprint density at radius 1 is 1.05 bits per heavy atom. The summed E-state index contributed by atoms with van der Waals surface area (Å²) in [5.41, 5.74) is 1.38. The number of ether oxygens (including phenoxy) is 2. The maximum absolute atomic E-state index is 13.8. The Bertz CT molecular complexity index is 1510. The molecule has 1 aliphatic heterocycles. The molecule has 5 rings (SSSR count). The highest BCUT2D eigenvalue weighted by Gasteiger charge is 2.48. The van der Waals surface area contributed by atoms with Gasteiger partial charge in [-0.15, -0.1) is 0 Å². The summed E-state index contributed by atoms with van der Waals surface area (Å²) in [6, 6.07) is 16.7. The van der Waals surface area contributed by atoms with Crippen LogP contribution in [0.5, 0.6) is 11.5 Å². The first-order valence-corrected chi connectivity index (χ1v) is 12.5. The molecule has 1 aliphatic rings. The highest BCUT2D eigenvalue weighted by Crippen LogP contribution is 2.44. The van der Waals surface area contributed by atoms with Crippen molar-refractivity contribution in [3.05, 3.63) is 89.2 Å². The molecular weight excluding hydrogens is 495 g/mol. The molecule has 0 radical (unpaired) electrons. The van der Waals surface area contributed by atoms with Crippen molar-refractivity contribution < 1.29 is 28.6 Å². The van der Waals surface area contributed by atoms with Crippen LogP contribution in [0.25, 0.3) is 16.0 Å². The van der Waals surface area contributed by atoms with Crippen molar-refractivity contribution in [1.82, 2.24) is 4.98 Å². The number of carbonyl (C=O) groups excluding carboxylic acids is 2. The number of aliphatic hydroxyl groups is 1. The minimum Gasteiger partial charge on any atom is -0.507 e. The Morgan fingerprint density at radius 2 is 1.76 bits per heavy atom. The second kappa shape index (κ2) is 10.0. The molecule has 0 spiro atoms. The fraction of sp³-hybridized carbons (Fsp3) is 0.179. The summed E-state index contributed by atoms with van der Waals surface area (Å²) in [5.74, 6) is -1.18. The van der Waals surface area contributed by atoms with Gasteiger partial charge in [0.25, 0.3) is 5.78 Å². The Labute approximate surface area is 216 Å². The number of ketones is 1. The molecule has 1 aromatic heterocycles. The number of aliphatic hydroxyl groups excluding tert-OH is 1. The van der Waals surface area contributed by atoms with Gasteiger partial charge in [0.2, 0.25) is 0 Å². The number of rotatable bonds is 7. The standard InChI is InChI=1S/C28H23FN2O5S/c1-3-14-36-20-11-6-17(7-12-20)25(32)23-24(16-4-9-19(35-2)10-5-16)31(27(34)26(23)33)28-30-21-13-8-18(29)15-22(21)37-28/h4-13,15,24,32H,3,14H2,1-2H3/b25-23+. The summed E-state index contributed by atoms with van der Waals surface area (Å²) in [7, 11) is 1.54. The van der Waals surface area contributed by atoms with Crippen molar-refractivity contribution in [3.8, 4) is 11.5 Å². The number of amides is 1. The van der Waals surface area contributed by atoms with Gasteiger partial charge in [-0.25, -0.2) is 9.37 Å². The van der Waals surface area contributed by atoms with Crippen molar-refractivity contribution in [2.24, 2.45) is 0 Å². The van der Waals surface area contributed by atoms with E-state index in [1.807, 2.05) is 6.92 Å². The number of carbonyl (C=O) groups is 2. The number of hydrogen-bond acceptors (Lipinski definition) is 7. The largest absolute Gasteiger partial charge is 0.507 e. The molecule has 0 aliphatic carbocycles. The summed E-state index contributed by atoms with van der Waals surface area (Å²) in [6.45, 7) is 2.56. The number of nitrogens with zero attached hydrogens (tertiary/aromatic N) is 2. The smallest absolute Gasteiger partial charge is 0.301 e. The van der Waals surface area contributed by atoms with Gasteiger partial charge in [-0.1, -0.05) is 30.4 Å². The fourth-order valence-corrected chi connectivity index (χ4v) is 5.22. The monoisotopic (exact) mass is 518 g/mol. The van der Waals surface area contributed by atoms with E-state index < -0.39 is 23.5 Å². The maximum atomic E-state index is 13.8. The van der Waals surface area contributed by atoms with Crippen LogP contribution in [-0.2, 0) is 9.59 Å². The summed E-state index contributed by atoms with van der Waals surface area (Å²) < 4.78 is 25.2. The van der Waals surface area contributed by atoms with Gasteiger partial charge >= 0.3 is 5.91 Å². The van der Waals surface area contributed by atoms with Crippen LogP contribution >= 0.6 is 11.3 Å². The average molecular weight is 519 g/mol. The number of benzene rings is 3. The lowest BCUT2D eigenvalue weighted by atomic mass is 9.95. The van der Waals surface area contributed by atoms with E-state index in [1.165, 1.54) is 30.2 Å². The molecule has 188 valence electrons. The van der Waals surface area contributed by atoms with Crippen molar-refractivity contribution in [3.63, 3.8) is 0 Å². The van der Waals surface area contributed by atoms with Gasteiger partial charge in [0.1, 0.15) is 23.1 Å². The third-order valence-electron chi connectivity index (χ3n) is 6.02. The van der Waals surface area contributed by atoms with E-state index in [1.54, 1.807) is 48.5 Å². The van der Waals surface area contributed by atoms with Gasteiger partial charge in [-0.05, 0) is 66.6 Å². The number of hydrogen-bond donors (Lipinski definition) is 1. The third kappa shape index (κ3) is 4.53. The average Bonchev–Trinajstić information content (AvgIpc) is 3.45. The zero-order valence-electron chi connectivity index (χ0n) is 20.1. The molecular formula is C28H23FN2O5S. The van der Waals surface area contributed by atoms with Crippen molar-refractivity contribution in [1.29, 1.82) is 0 Å². The molecule has 3 aromatic carbocycles. The van der Waals surface area contributed by atoms with Crippen LogP contribution in [0.2, 0.25) is 0 Å². The summed E-state index contributed by atoms with van der Waals surface area (Å²) >= 11 is 1.10. The second-order valence-corrected chi connectivity index (χ2v) is 9.43. The first-order chi connectivity index (χ1) is 17.9. The second-order valence-electron chi connectivity index (χ2n) is 8.42. The van der Waals surface area contributed by atoms with Crippen LogP contribution in [0, 0.1) is 5.82 Å². The number of aromatic nitrogens is 1. The molecule has 1 amide bonds. The number of methoxy groups -OCH3 is 1. The lowest BCUT2D eigenvalue weighted by Crippen LogP contribution is -2.29. The SMILES string of the molecule is CCCOc1ccc(/C(O)=C2\C(=O)C(=O)N(c3nc4ccc(F)cc4s3)C2c2ccc(OC)cc2)cc1. The number of fused-ring (bicyclic) bond motifs is 1. The molecule has 1 saturated heterocycles. The van der Waals surface area contributed by atoms with Gasteiger partial charge < -0.3 is 14.6 Å². The predicted octanol–water partition coefficient (Wildman–Crippen LogP) is 5.86. The molecule has 1 unspecified atom stereocenters. The summed E-state index contributed by atoms with van der Waals surface area (Å²) in [5, 5.41) is 11.5. The Hall–Kier alpha value is -4.24. The van der Waals surface area contributed by atoms with Gasteiger partial charge in [0, 0.05) is 5.56 Å². The van der Waals surface area contributed by atoms with Crippen LogP contribution in [0.15, 0.2) is 72.3 Å². The quantitative estimate of drug-likeness (QED) is 0.187. The maximum Gasteiger partial charge on any atom is 0.301 e. The van der Waals surface area contributed by atoms with Crippen molar-refractivity contribution >= 4 is 44.1 Å². The number of halogens is 1. The van der Waals surface area contributed by atoms with E-state index >= 15 is 0 Å². The molecule has 1 atom stereocenters. The van der Waals surface area contributed by atoms with Crippen LogP contribution < -0.4 is 14.4 Å². The predicted molar refractivity (Wildman–Crippen MR) is 140 cm³/mol. The van der Waals surface area contributed by atoms with Crippen LogP contribution in [0.1, 0.15) is 30.5 Å². The van der Waals surface area contributed by atoms with Crippen molar-refractivity contribution in [2.75, 3.05) is 18.6 Å². The molecule has 1 N–H and O–H groups in total. The molecule has 0 saturated carbocycles. The Kier molecular flexibility index (Phi) is 6.62. The van der Waals surface area contributed by atoms with Crippen molar-refractivity contribution in [2.45, 2.75) is 19.4 Å². The molecule has 4 aromatic rings. The normalized spacial score (nSPS) is 16.9. The lowest BCUT2D eigenvalue weighted by molar-refractivity contribution is -0.132. The molecule has 9 heteroatoms. The van der Waals surface area contributed by atoms with E-state index in [4.69, 9.17) is 9.47 Å². The topological polar surface area (TPSA) is 89.0 Å². The third-order valence-corrected chi connectivity index (χ3v) is 7.04. The van der Waals surface area contributed by atoms with E-state index in [0.717, 1.165) is 17.8 Å². The van der Waals surface area contributed by atoms with Gasteiger partial charge in [0.15, 0.2) is 5.13 Å². The molecule has 0 bridgehead atoms. The molecule has 1 fully saturated rings. The van der Waals surface area contributed by atoms with Crippen LogP contribution in [0.4, 0.5) is 9.52 Å². The number of Topliss-reactive ketones (excluding diaryl/α,β-unsaturated/α-hetero) is 1. The Balaban J connectivity index is 1.64. The number of thiazole rings is 1. The van der Waals surface area contributed by atoms with E-state index in [0.29, 0.717) is 39.4 Å². The lowest BCUT2D eigenvalue weighted by Gasteiger charge is -2.23. The fourth-order valence-electron chi connectivity index (χ4n) is 4.21. The first kappa shape index (κ1) is 24.5. The zero-order chi connectivity index (χ0) is 26.1. The van der Waals surface area contributed by atoms with Crippen LogP contribution in [-0.4, -0.2) is 35.5 Å². The number of anilines is 1. The van der Waals surface area contributed by atoms with E-state index in [9.17, 15) is 19.1 Å². The summed E-state index contributed by atoms with van der Waals surface area (Å²) in [4.78, 5) is 32.5. The Morgan fingerprint density at radius 3 is 2.43 bits per heavy atom. The summed E-state index contributed by atoms with van der Waals surface area (Å²) in [6.07, 6.45) is 0.853. The first-order valence-electron chi connectivity index (χ1n) is 11.7. The molecule has 37 heavy (non-hydrogen) atoms. The van der Waals surface area contributed by atoms with Gasteiger partial charge in [-0.2, -0.15) is 0 Å². The minimum atomic E-state index is -0.952. The molecule has 2 heterocycles. The minimum absolute atomic E-state index is 0.0668. The van der Waals surface area contributed by atoms with Gasteiger partial charge in [0.05, 0.1) is 35.5 Å². The highest BCUT2D eigenvalue weighted by molar-refractivity contribution is 7.22. The highest BCUT2D eigenvalue weighted by atomic mass is 32.1.